The Bertz CT molecular complexity index is 722. The van der Waals surface area contributed by atoms with Crippen molar-refractivity contribution in [2.45, 2.75) is 19.6 Å². The maximum absolute atomic E-state index is 11.9. The second-order valence-electron chi connectivity index (χ2n) is 5.55. The molecule has 0 atom stereocenters. The fourth-order valence-electron chi connectivity index (χ4n) is 1.99. The monoisotopic (exact) mass is 368 g/mol. The molecule has 0 unspecified atom stereocenters. The molecule has 1 fully saturated rings. The predicted octanol–water partition coefficient (Wildman–Crippen LogP) is 2.06. The number of hydrogen-bond acceptors (Lipinski definition) is 7. The lowest BCUT2D eigenvalue weighted by atomic mass is 10.2. The molecule has 0 aromatic heterocycles. The smallest absolute Gasteiger partial charge is 0.350 e. The summed E-state index contributed by atoms with van der Waals surface area (Å²) in [6, 6.07) is 4.66. The first-order valence-corrected chi connectivity index (χ1v) is 7.61. The van der Waals surface area contributed by atoms with E-state index in [1.165, 1.54) is 27.0 Å². The van der Waals surface area contributed by atoms with Gasteiger partial charge in [0, 0.05) is 32.2 Å². The van der Waals surface area contributed by atoms with E-state index in [2.05, 4.69) is 10.6 Å². The molecular formula is C16H17ClN2O6. The second kappa shape index (κ2) is 7.54. The minimum atomic E-state index is -1.32. The second-order valence-corrected chi connectivity index (χ2v) is 5.99. The van der Waals surface area contributed by atoms with Crippen LogP contribution in [0.1, 0.15) is 13.8 Å². The number of methoxy groups -OCH3 is 1. The highest BCUT2D eigenvalue weighted by atomic mass is 35.5. The number of hydrogen-bond donors (Lipinski definition) is 2. The summed E-state index contributed by atoms with van der Waals surface area (Å²) in [6.07, 6.45) is 1.14. The number of esters is 2. The number of rotatable bonds is 5. The number of ether oxygens (including phenoxy) is 3. The van der Waals surface area contributed by atoms with Crippen LogP contribution < -0.4 is 10.6 Å². The Labute approximate surface area is 149 Å². The van der Waals surface area contributed by atoms with Crippen LogP contribution >= 0.6 is 11.6 Å². The number of halogens is 1. The maximum Gasteiger partial charge on any atom is 0.350 e. The number of nitrogens with one attached hydrogen (secondary N) is 2. The van der Waals surface area contributed by atoms with Gasteiger partial charge >= 0.3 is 11.9 Å². The van der Waals surface area contributed by atoms with Gasteiger partial charge in [0.1, 0.15) is 6.61 Å². The number of cyclic esters (lactones) is 2. The van der Waals surface area contributed by atoms with Gasteiger partial charge in [-0.05, 0) is 18.2 Å². The third kappa shape index (κ3) is 4.94. The predicted molar refractivity (Wildman–Crippen MR) is 89.9 cm³/mol. The van der Waals surface area contributed by atoms with Gasteiger partial charge in [0.05, 0.1) is 11.4 Å². The first-order chi connectivity index (χ1) is 11.7. The summed E-state index contributed by atoms with van der Waals surface area (Å²) in [7, 11) is 1.40. The van der Waals surface area contributed by atoms with Gasteiger partial charge in [0.15, 0.2) is 5.57 Å². The molecule has 1 aromatic rings. The third-order valence-electron chi connectivity index (χ3n) is 3.02. The van der Waals surface area contributed by atoms with Crippen molar-refractivity contribution in [1.82, 2.24) is 0 Å². The lowest BCUT2D eigenvalue weighted by Gasteiger charge is -2.29. The lowest BCUT2D eigenvalue weighted by molar-refractivity contribution is -0.222. The minimum absolute atomic E-state index is 0.128. The quantitative estimate of drug-likeness (QED) is 0.465. The molecule has 8 nitrogen and oxygen atoms in total. The molecule has 134 valence electrons. The largest absolute Gasteiger partial charge is 0.419 e. The van der Waals surface area contributed by atoms with Gasteiger partial charge in [-0.25, -0.2) is 9.59 Å². The van der Waals surface area contributed by atoms with Crippen LogP contribution in [0.2, 0.25) is 5.02 Å². The molecule has 1 aliphatic rings. The van der Waals surface area contributed by atoms with Crippen molar-refractivity contribution < 1.29 is 28.6 Å². The molecule has 1 saturated heterocycles. The average Bonchev–Trinajstić information content (AvgIpc) is 2.48. The zero-order chi connectivity index (χ0) is 18.6. The summed E-state index contributed by atoms with van der Waals surface area (Å²) in [4.78, 5) is 35.5. The van der Waals surface area contributed by atoms with E-state index in [0.717, 1.165) is 6.20 Å². The SMILES string of the molecule is COCC(=O)Nc1ccc(Cl)cc1NC=C1C(=O)OC(C)(C)OC1=O. The van der Waals surface area contributed by atoms with Gasteiger partial charge in [-0.15, -0.1) is 0 Å². The van der Waals surface area contributed by atoms with Crippen LogP contribution in [0.3, 0.4) is 0 Å². The average molecular weight is 369 g/mol. The Kier molecular flexibility index (Phi) is 5.66. The zero-order valence-electron chi connectivity index (χ0n) is 13.8. The van der Waals surface area contributed by atoms with E-state index < -0.39 is 17.7 Å². The van der Waals surface area contributed by atoms with Crippen molar-refractivity contribution in [1.29, 1.82) is 0 Å². The Morgan fingerprint density at radius 3 is 2.48 bits per heavy atom. The summed E-state index contributed by atoms with van der Waals surface area (Å²) in [6.45, 7) is 2.78. The van der Waals surface area contributed by atoms with E-state index in [9.17, 15) is 14.4 Å². The Morgan fingerprint density at radius 1 is 1.24 bits per heavy atom. The van der Waals surface area contributed by atoms with E-state index in [-0.39, 0.29) is 18.1 Å². The summed E-state index contributed by atoms with van der Waals surface area (Å²) >= 11 is 5.95. The topological polar surface area (TPSA) is 103 Å². The summed E-state index contributed by atoms with van der Waals surface area (Å²) in [5.74, 6) is -3.33. The number of benzene rings is 1. The Morgan fingerprint density at radius 2 is 1.88 bits per heavy atom. The van der Waals surface area contributed by atoms with Gasteiger partial charge in [0.2, 0.25) is 5.91 Å². The van der Waals surface area contributed by atoms with E-state index in [1.54, 1.807) is 12.1 Å². The molecule has 0 saturated carbocycles. The fraction of sp³-hybridized carbons (Fsp3) is 0.312. The summed E-state index contributed by atoms with van der Waals surface area (Å²) in [5, 5.41) is 5.76. The molecule has 25 heavy (non-hydrogen) atoms. The van der Waals surface area contributed by atoms with Gasteiger partial charge in [-0.3, -0.25) is 4.79 Å². The highest BCUT2D eigenvalue weighted by Gasteiger charge is 2.38. The molecule has 2 N–H and O–H groups in total. The van der Waals surface area contributed by atoms with Crippen LogP contribution in [0.5, 0.6) is 0 Å². The molecule has 0 radical (unpaired) electrons. The van der Waals surface area contributed by atoms with Crippen LogP contribution in [0.25, 0.3) is 0 Å². The van der Waals surface area contributed by atoms with Crippen LogP contribution in [-0.2, 0) is 28.6 Å². The third-order valence-corrected chi connectivity index (χ3v) is 3.26. The number of carbonyl (C=O) groups excluding carboxylic acids is 3. The Hall–Kier alpha value is -2.58. The van der Waals surface area contributed by atoms with Gasteiger partial charge in [0.25, 0.3) is 5.79 Å². The van der Waals surface area contributed by atoms with Crippen LogP contribution in [0.15, 0.2) is 30.0 Å². The maximum atomic E-state index is 11.9. The van der Waals surface area contributed by atoms with Gasteiger partial charge in [-0.2, -0.15) is 0 Å². The first kappa shape index (κ1) is 18.8. The molecule has 0 bridgehead atoms. The van der Waals surface area contributed by atoms with Gasteiger partial charge < -0.3 is 24.8 Å². The van der Waals surface area contributed by atoms with Crippen molar-refractivity contribution in [2.75, 3.05) is 24.4 Å². The minimum Gasteiger partial charge on any atom is -0.419 e. The van der Waals surface area contributed by atoms with Crippen LogP contribution in [-0.4, -0.2) is 37.3 Å². The lowest BCUT2D eigenvalue weighted by Crippen LogP contribution is -2.42. The van der Waals surface area contributed by atoms with E-state index in [1.807, 2.05) is 0 Å². The molecular weight excluding hydrogens is 352 g/mol. The summed E-state index contributed by atoms with van der Waals surface area (Å²) in [5.41, 5.74) is 0.449. The van der Waals surface area contributed by atoms with Crippen LogP contribution in [0, 0.1) is 0 Å². The number of anilines is 2. The normalized spacial score (nSPS) is 15.9. The summed E-state index contributed by atoms with van der Waals surface area (Å²) < 4.78 is 14.7. The number of amides is 1. The van der Waals surface area contributed by atoms with E-state index in [4.69, 9.17) is 25.8 Å². The molecule has 0 spiro atoms. The van der Waals surface area contributed by atoms with Crippen molar-refractivity contribution in [3.63, 3.8) is 0 Å². The molecule has 1 aromatic carbocycles. The van der Waals surface area contributed by atoms with E-state index in [0.29, 0.717) is 16.4 Å². The molecule has 2 rings (SSSR count). The molecule has 9 heteroatoms. The Balaban J connectivity index is 2.22. The molecule has 1 heterocycles. The van der Waals surface area contributed by atoms with Crippen LogP contribution in [0.4, 0.5) is 11.4 Å². The fourth-order valence-corrected chi connectivity index (χ4v) is 2.16. The number of carbonyl (C=O) groups is 3. The first-order valence-electron chi connectivity index (χ1n) is 7.23. The van der Waals surface area contributed by atoms with Crippen molar-refractivity contribution in [2.24, 2.45) is 0 Å². The standard InChI is InChI=1S/C16H17ClN2O6/c1-16(2)24-14(21)10(15(22)25-16)7-18-12-6-9(17)4-5-11(12)19-13(20)8-23-3/h4-7,18H,8H2,1-3H3,(H,19,20). The van der Waals surface area contributed by atoms with E-state index >= 15 is 0 Å². The van der Waals surface area contributed by atoms with Crippen molar-refractivity contribution in [3.8, 4) is 0 Å². The zero-order valence-corrected chi connectivity index (χ0v) is 14.6. The molecule has 1 amide bonds. The highest BCUT2D eigenvalue weighted by molar-refractivity contribution is 6.31. The highest BCUT2D eigenvalue weighted by Crippen LogP contribution is 2.27. The van der Waals surface area contributed by atoms with Gasteiger partial charge in [-0.1, -0.05) is 11.6 Å². The van der Waals surface area contributed by atoms with Crippen molar-refractivity contribution in [3.05, 3.63) is 35.0 Å². The van der Waals surface area contributed by atoms with Crippen molar-refractivity contribution >= 4 is 40.8 Å². The molecule has 1 aliphatic heterocycles. The molecule has 0 aliphatic carbocycles.